The van der Waals surface area contributed by atoms with Crippen molar-refractivity contribution in [2.24, 2.45) is 5.92 Å². The summed E-state index contributed by atoms with van der Waals surface area (Å²) in [5.74, 6) is 0.879. The Morgan fingerprint density at radius 3 is 2.87 bits per heavy atom. The summed E-state index contributed by atoms with van der Waals surface area (Å²) in [4.78, 5) is 14.1. The summed E-state index contributed by atoms with van der Waals surface area (Å²) in [7, 11) is 0. The molecule has 88 valence electrons. The Hall–Kier alpha value is -0.0500. The van der Waals surface area contributed by atoms with Gasteiger partial charge in [-0.25, -0.2) is 0 Å². The summed E-state index contributed by atoms with van der Waals surface area (Å²) >= 11 is 3.51. The molecule has 3 heteroatoms. The van der Waals surface area contributed by atoms with Gasteiger partial charge in [-0.1, -0.05) is 36.2 Å². The number of carbonyl (C=O) groups is 1. The molecule has 0 aromatic carbocycles. The zero-order valence-corrected chi connectivity index (χ0v) is 11.4. The maximum atomic E-state index is 12.0. The molecule has 1 aliphatic heterocycles. The van der Waals surface area contributed by atoms with E-state index in [9.17, 15) is 4.79 Å². The van der Waals surface area contributed by atoms with Crippen LogP contribution in [0.2, 0.25) is 0 Å². The molecule has 1 aliphatic rings. The molecule has 2 nitrogen and oxygen atoms in total. The van der Waals surface area contributed by atoms with Gasteiger partial charge < -0.3 is 4.90 Å². The van der Waals surface area contributed by atoms with Gasteiger partial charge in [0.25, 0.3) is 0 Å². The van der Waals surface area contributed by atoms with Crippen LogP contribution in [0.3, 0.4) is 0 Å². The summed E-state index contributed by atoms with van der Waals surface area (Å²) in [6.45, 7) is 5.27. The first-order valence-corrected chi connectivity index (χ1v) is 7.16. The molecule has 1 fully saturated rings. The largest absolute Gasteiger partial charge is 0.339 e. The lowest BCUT2D eigenvalue weighted by molar-refractivity contribution is -0.135. The van der Waals surface area contributed by atoms with Crippen molar-refractivity contribution in [1.29, 1.82) is 0 Å². The molecule has 2 atom stereocenters. The number of piperidine rings is 1. The van der Waals surface area contributed by atoms with Crippen molar-refractivity contribution < 1.29 is 4.79 Å². The molecule has 0 aromatic rings. The number of nitrogens with zero attached hydrogens (tertiary/aromatic N) is 1. The Morgan fingerprint density at radius 2 is 2.27 bits per heavy atom. The second-order valence-electron chi connectivity index (χ2n) is 4.61. The van der Waals surface area contributed by atoms with Gasteiger partial charge in [-0.15, -0.1) is 0 Å². The van der Waals surface area contributed by atoms with Crippen LogP contribution in [0.1, 0.15) is 46.0 Å². The predicted molar refractivity (Wildman–Crippen MR) is 67.2 cm³/mol. The van der Waals surface area contributed by atoms with Crippen LogP contribution in [0.15, 0.2) is 0 Å². The predicted octanol–water partition coefficient (Wildman–Crippen LogP) is 3.20. The molecule has 1 heterocycles. The minimum atomic E-state index is 0.355. The van der Waals surface area contributed by atoms with Gasteiger partial charge in [0.2, 0.25) is 5.91 Å². The quantitative estimate of drug-likeness (QED) is 0.722. The van der Waals surface area contributed by atoms with Crippen molar-refractivity contribution in [3.8, 4) is 0 Å². The number of alkyl halides is 1. The van der Waals surface area contributed by atoms with Gasteiger partial charge in [-0.3, -0.25) is 4.79 Å². The average Bonchev–Trinajstić information content (AvgIpc) is 2.28. The van der Waals surface area contributed by atoms with E-state index in [-0.39, 0.29) is 0 Å². The molecule has 1 amide bonds. The summed E-state index contributed by atoms with van der Waals surface area (Å²) < 4.78 is 0. The van der Waals surface area contributed by atoms with Crippen LogP contribution in [-0.4, -0.2) is 28.7 Å². The zero-order chi connectivity index (χ0) is 11.3. The molecule has 0 aromatic heterocycles. The van der Waals surface area contributed by atoms with Crippen molar-refractivity contribution in [3.05, 3.63) is 0 Å². The number of hydrogen-bond acceptors (Lipinski definition) is 1. The summed E-state index contributed by atoms with van der Waals surface area (Å²) in [5.41, 5.74) is 0. The summed E-state index contributed by atoms with van der Waals surface area (Å²) in [5, 5.41) is 0.930. The maximum Gasteiger partial charge on any atom is 0.223 e. The van der Waals surface area contributed by atoms with Crippen LogP contribution in [0.25, 0.3) is 0 Å². The fourth-order valence-electron chi connectivity index (χ4n) is 2.05. The minimum Gasteiger partial charge on any atom is -0.339 e. The van der Waals surface area contributed by atoms with Crippen molar-refractivity contribution >= 4 is 21.8 Å². The Kier molecular flexibility index (Phi) is 5.65. The third-order valence-electron chi connectivity index (χ3n) is 3.35. The van der Waals surface area contributed by atoms with Crippen molar-refractivity contribution in [2.75, 3.05) is 11.9 Å². The van der Waals surface area contributed by atoms with Crippen molar-refractivity contribution in [3.63, 3.8) is 0 Å². The third kappa shape index (κ3) is 3.78. The lowest BCUT2D eigenvalue weighted by Gasteiger charge is -2.35. The number of hydrogen-bond donors (Lipinski definition) is 0. The lowest BCUT2D eigenvalue weighted by atomic mass is 10.00. The first-order chi connectivity index (χ1) is 7.19. The molecule has 1 saturated heterocycles. The van der Waals surface area contributed by atoms with E-state index in [4.69, 9.17) is 0 Å². The third-order valence-corrected chi connectivity index (χ3v) is 4.09. The number of halogens is 1. The Bertz CT molecular complexity index is 208. The Morgan fingerprint density at radius 1 is 1.53 bits per heavy atom. The number of rotatable bonds is 4. The molecule has 0 saturated carbocycles. The van der Waals surface area contributed by atoms with Crippen LogP contribution in [0.4, 0.5) is 0 Å². The highest BCUT2D eigenvalue weighted by Crippen LogP contribution is 2.21. The van der Waals surface area contributed by atoms with Crippen molar-refractivity contribution in [1.82, 2.24) is 4.90 Å². The standard InChI is InChI=1S/C12H22BrNO/c1-3-10(2)8-12(15)14-7-5-4-6-11(14)9-13/h10-11H,3-9H2,1-2H3. The van der Waals surface area contributed by atoms with Crippen LogP contribution >= 0.6 is 15.9 Å². The fourth-order valence-corrected chi connectivity index (χ4v) is 2.72. The van der Waals surface area contributed by atoms with Gasteiger partial charge in [0.1, 0.15) is 0 Å². The first kappa shape index (κ1) is 13.0. The smallest absolute Gasteiger partial charge is 0.223 e. The van der Waals surface area contributed by atoms with E-state index in [0.29, 0.717) is 17.9 Å². The normalized spacial score (nSPS) is 23.9. The van der Waals surface area contributed by atoms with Gasteiger partial charge in [-0.2, -0.15) is 0 Å². The minimum absolute atomic E-state index is 0.355. The molecule has 0 N–H and O–H groups in total. The molecular weight excluding hydrogens is 254 g/mol. The molecule has 1 rings (SSSR count). The monoisotopic (exact) mass is 275 g/mol. The zero-order valence-electron chi connectivity index (χ0n) is 9.84. The van der Waals surface area contributed by atoms with Crippen LogP contribution in [0.5, 0.6) is 0 Å². The first-order valence-electron chi connectivity index (χ1n) is 6.04. The number of likely N-dealkylation sites (tertiary alicyclic amines) is 1. The molecular formula is C12H22BrNO. The molecule has 0 aliphatic carbocycles. The van der Waals surface area contributed by atoms with Crippen LogP contribution < -0.4 is 0 Å². The molecule has 0 bridgehead atoms. The molecule has 0 spiro atoms. The lowest BCUT2D eigenvalue weighted by Crippen LogP contribution is -2.45. The highest BCUT2D eigenvalue weighted by atomic mass is 79.9. The van der Waals surface area contributed by atoms with Gasteiger partial charge in [0, 0.05) is 24.3 Å². The maximum absolute atomic E-state index is 12.0. The molecule has 2 unspecified atom stereocenters. The van der Waals surface area contributed by atoms with E-state index >= 15 is 0 Å². The number of carbonyl (C=O) groups excluding carboxylic acids is 1. The van der Waals surface area contributed by atoms with E-state index in [0.717, 1.165) is 31.1 Å². The fraction of sp³-hybridized carbons (Fsp3) is 0.917. The summed E-state index contributed by atoms with van der Waals surface area (Å²) in [6, 6.07) is 0.440. The second kappa shape index (κ2) is 6.51. The average molecular weight is 276 g/mol. The highest BCUT2D eigenvalue weighted by molar-refractivity contribution is 9.09. The van der Waals surface area contributed by atoms with Gasteiger partial charge >= 0.3 is 0 Å². The van der Waals surface area contributed by atoms with Crippen LogP contribution in [-0.2, 0) is 4.79 Å². The molecule has 0 radical (unpaired) electrons. The Balaban J connectivity index is 2.48. The van der Waals surface area contributed by atoms with E-state index in [2.05, 4.69) is 34.7 Å². The van der Waals surface area contributed by atoms with E-state index in [1.165, 1.54) is 12.8 Å². The van der Waals surface area contributed by atoms with E-state index < -0.39 is 0 Å². The van der Waals surface area contributed by atoms with Gasteiger partial charge in [-0.05, 0) is 25.2 Å². The highest BCUT2D eigenvalue weighted by Gasteiger charge is 2.26. The number of amides is 1. The topological polar surface area (TPSA) is 20.3 Å². The second-order valence-corrected chi connectivity index (χ2v) is 5.26. The van der Waals surface area contributed by atoms with Crippen LogP contribution in [0, 0.1) is 5.92 Å². The Labute approximate surface area is 102 Å². The van der Waals surface area contributed by atoms with Gasteiger partial charge in [0.15, 0.2) is 0 Å². The SMILES string of the molecule is CCC(C)CC(=O)N1CCCCC1CBr. The van der Waals surface area contributed by atoms with Gasteiger partial charge in [0.05, 0.1) is 0 Å². The molecule has 15 heavy (non-hydrogen) atoms. The summed E-state index contributed by atoms with van der Waals surface area (Å²) in [6.07, 6.45) is 5.43. The van der Waals surface area contributed by atoms with Crippen molar-refractivity contribution in [2.45, 2.75) is 52.0 Å². The van der Waals surface area contributed by atoms with E-state index in [1.807, 2.05) is 0 Å². The van der Waals surface area contributed by atoms with E-state index in [1.54, 1.807) is 0 Å².